The van der Waals surface area contributed by atoms with Crippen LogP contribution in [0.15, 0.2) is 0 Å². The van der Waals surface area contributed by atoms with Gasteiger partial charge in [0.15, 0.2) is 0 Å². The van der Waals surface area contributed by atoms with E-state index in [2.05, 4.69) is 4.90 Å². The Labute approximate surface area is 86.8 Å². The Hall–Kier alpha value is -0.0800. The molecule has 1 aliphatic heterocycles. The molecule has 0 radical (unpaired) electrons. The van der Waals surface area contributed by atoms with Gasteiger partial charge in [0.1, 0.15) is 0 Å². The van der Waals surface area contributed by atoms with E-state index >= 15 is 0 Å². The zero-order valence-electron chi connectivity index (χ0n) is 9.04. The van der Waals surface area contributed by atoms with E-state index in [1.54, 1.807) is 0 Å². The van der Waals surface area contributed by atoms with Crippen LogP contribution in [0.1, 0.15) is 38.5 Å². The lowest BCUT2D eigenvalue weighted by atomic mass is 10.0. The first-order valence-corrected chi connectivity index (χ1v) is 6.35. The third-order valence-corrected chi connectivity index (χ3v) is 4.96. The van der Waals surface area contributed by atoms with Gasteiger partial charge in [-0.3, -0.25) is 4.90 Å². The van der Waals surface area contributed by atoms with E-state index in [1.807, 2.05) is 0 Å². The van der Waals surface area contributed by atoms with E-state index in [0.717, 1.165) is 18.4 Å². The van der Waals surface area contributed by atoms with E-state index < -0.39 is 0 Å². The fourth-order valence-electron chi connectivity index (χ4n) is 4.25. The van der Waals surface area contributed by atoms with Crippen molar-refractivity contribution >= 4 is 0 Å². The van der Waals surface area contributed by atoms with Crippen LogP contribution in [-0.2, 0) is 0 Å². The highest BCUT2D eigenvalue weighted by Crippen LogP contribution is 2.61. The van der Waals surface area contributed by atoms with Gasteiger partial charge in [-0.1, -0.05) is 12.8 Å². The van der Waals surface area contributed by atoms with Gasteiger partial charge in [0.25, 0.3) is 0 Å². The fraction of sp³-hybridized carbons (Fsp3) is 1.00. The molecule has 3 aliphatic rings. The minimum atomic E-state index is 0.479. The molecule has 80 valence electrons. The molecule has 0 bridgehead atoms. The van der Waals surface area contributed by atoms with Crippen molar-refractivity contribution in [3.05, 3.63) is 0 Å². The van der Waals surface area contributed by atoms with Crippen LogP contribution in [0.3, 0.4) is 0 Å². The van der Waals surface area contributed by atoms with E-state index in [4.69, 9.17) is 5.73 Å². The molecule has 0 aromatic carbocycles. The highest BCUT2D eigenvalue weighted by molar-refractivity contribution is 5.20. The van der Waals surface area contributed by atoms with Crippen molar-refractivity contribution in [2.24, 2.45) is 17.6 Å². The highest BCUT2D eigenvalue weighted by Gasteiger charge is 2.66. The topological polar surface area (TPSA) is 29.3 Å². The van der Waals surface area contributed by atoms with Crippen LogP contribution >= 0.6 is 0 Å². The first-order chi connectivity index (χ1) is 6.89. The summed E-state index contributed by atoms with van der Waals surface area (Å²) in [6.07, 6.45) is 8.63. The molecule has 2 atom stereocenters. The van der Waals surface area contributed by atoms with Crippen LogP contribution in [-0.4, -0.2) is 30.1 Å². The van der Waals surface area contributed by atoms with Crippen LogP contribution in [0.25, 0.3) is 0 Å². The largest absolute Gasteiger partial charge is 0.329 e. The molecule has 3 fully saturated rings. The molecule has 2 aliphatic carbocycles. The van der Waals surface area contributed by atoms with Gasteiger partial charge < -0.3 is 5.73 Å². The molecule has 0 spiro atoms. The van der Waals surface area contributed by atoms with Gasteiger partial charge in [0.05, 0.1) is 0 Å². The Bertz CT molecular complexity index is 208. The summed E-state index contributed by atoms with van der Waals surface area (Å²) in [7, 11) is 0. The number of hydrogen-bond donors (Lipinski definition) is 1. The molecular formula is C12H22N2. The van der Waals surface area contributed by atoms with E-state index in [1.165, 1.54) is 51.6 Å². The summed E-state index contributed by atoms with van der Waals surface area (Å²) in [6.45, 7) is 3.57. The molecule has 2 unspecified atom stereocenters. The summed E-state index contributed by atoms with van der Waals surface area (Å²) in [6, 6.07) is 0. The Morgan fingerprint density at radius 1 is 1.00 bits per heavy atom. The van der Waals surface area contributed by atoms with Crippen molar-refractivity contribution < 1.29 is 0 Å². The monoisotopic (exact) mass is 194 g/mol. The third-order valence-electron chi connectivity index (χ3n) is 4.96. The van der Waals surface area contributed by atoms with Crippen LogP contribution in [0.4, 0.5) is 0 Å². The summed E-state index contributed by atoms with van der Waals surface area (Å²) in [4.78, 5) is 2.73. The molecule has 1 heterocycles. The van der Waals surface area contributed by atoms with Crippen molar-refractivity contribution in [1.29, 1.82) is 0 Å². The normalized spacial score (nSPS) is 47.8. The number of hydrogen-bond acceptors (Lipinski definition) is 2. The zero-order valence-corrected chi connectivity index (χ0v) is 9.04. The molecular weight excluding hydrogens is 172 g/mol. The zero-order chi connectivity index (χ0) is 9.60. The second-order valence-electron chi connectivity index (χ2n) is 5.39. The van der Waals surface area contributed by atoms with Crippen LogP contribution in [0, 0.1) is 11.8 Å². The third kappa shape index (κ3) is 1.04. The smallest absolute Gasteiger partial charge is 0.0394 e. The summed E-state index contributed by atoms with van der Waals surface area (Å²) >= 11 is 0. The number of nitrogens with zero attached hydrogens (tertiary/aromatic N) is 1. The standard InChI is InChI=1S/C12H22N2/c13-9-12(14-7-3-4-8-14)10-5-1-2-6-11(10)12/h10-11H,1-9,13H2. The number of fused-ring (bicyclic) bond motifs is 1. The molecule has 2 saturated carbocycles. The molecule has 14 heavy (non-hydrogen) atoms. The molecule has 0 amide bonds. The van der Waals surface area contributed by atoms with Crippen LogP contribution in [0.2, 0.25) is 0 Å². The summed E-state index contributed by atoms with van der Waals surface area (Å²) in [5.41, 5.74) is 6.55. The SMILES string of the molecule is NCC1(N2CCCC2)C2CCCCC21. The van der Waals surface area contributed by atoms with Gasteiger partial charge in [-0.2, -0.15) is 0 Å². The molecule has 1 saturated heterocycles. The second kappa shape index (κ2) is 3.21. The van der Waals surface area contributed by atoms with Gasteiger partial charge in [-0.05, 0) is 50.6 Å². The van der Waals surface area contributed by atoms with E-state index in [0.29, 0.717) is 5.54 Å². The minimum Gasteiger partial charge on any atom is -0.329 e. The van der Waals surface area contributed by atoms with Crippen molar-refractivity contribution in [2.45, 2.75) is 44.1 Å². The average Bonchev–Trinajstić information content (AvgIpc) is 2.62. The predicted molar refractivity (Wildman–Crippen MR) is 58.0 cm³/mol. The van der Waals surface area contributed by atoms with Crippen molar-refractivity contribution in [2.75, 3.05) is 19.6 Å². The van der Waals surface area contributed by atoms with Gasteiger partial charge >= 0.3 is 0 Å². The van der Waals surface area contributed by atoms with Crippen molar-refractivity contribution in [3.8, 4) is 0 Å². The Balaban J connectivity index is 1.79. The molecule has 3 rings (SSSR count). The van der Waals surface area contributed by atoms with Gasteiger partial charge in [-0.25, -0.2) is 0 Å². The molecule has 0 aromatic heterocycles. The predicted octanol–water partition coefficient (Wildman–Crippen LogP) is 1.60. The Kier molecular flexibility index (Phi) is 2.10. The van der Waals surface area contributed by atoms with Gasteiger partial charge in [0.2, 0.25) is 0 Å². The molecule has 2 heteroatoms. The lowest BCUT2D eigenvalue weighted by molar-refractivity contribution is 0.197. The molecule has 2 N–H and O–H groups in total. The lowest BCUT2D eigenvalue weighted by Crippen LogP contribution is -2.44. The van der Waals surface area contributed by atoms with Crippen LogP contribution in [0.5, 0.6) is 0 Å². The Morgan fingerprint density at radius 3 is 2.07 bits per heavy atom. The number of nitrogens with two attached hydrogens (primary N) is 1. The summed E-state index contributed by atoms with van der Waals surface area (Å²) in [5.74, 6) is 1.94. The maximum absolute atomic E-state index is 6.07. The maximum atomic E-state index is 6.07. The average molecular weight is 194 g/mol. The minimum absolute atomic E-state index is 0.479. The van der Waals surface area contributed by atoms with E-state index in [-0.39, 0.29) is 0 Å². The lowest BCUT2D eigenvalue weighted by Gasteiger charge is -2.28. The fourth-order valence-corrected chi connectivity index (χ4v) is 4.25. The first-order valence-electron chi connectivity index (χ1n) is 6.35. The maximum Gasteiger partial charge on any atom is 0.0394 e. The first kappa shape index (κ1) is 9.17. The van der Waals surface area contributed by atoms with Crippen molar-refractivity contribution in [1.82, 2.24) is 4.90 Å². The van der Waals surface area contributed by atoms with Crippen molar-refractivity contribution in [3.63, 3.8) is 0 Å². The van der Waals surface area contributed by atoms with Gasteiger partial charge in [-0.15, -0.1) is 0 Å². The van der Waals surface area contributed by atoms with Gasteiger partial charge in [0, 0.05) is 12.1 Å². The van der Waals surface area contributed by atoms with E-state index in [9.17, 15) is 0 Å². The molecule has 2 nitrogen and oxygen atoms in total. The number of rotatable bonds is 2. The number of likely N-dealkylation sites (tertiary alicyclic amines) is 1. The highest BCUT2D eigenvalue weighted by atomic mass is 15.3. The second-order valence-corrected chi connectivity index (χ2v) is 5.39. The summed E-state index contributed by atoms with van der Waals surface area (Å²) < 4.78 is 0. The van der Waals surface area contributed by atoms with Crippen LogP contribution < -0.4 is 5.73 Å². The molecule has 0 aromatic rings. The quantitative estimate of drug-likeness (QED) is 0.723. The summed E-state index contributed by atoms with van der Waals surface area (Å²) in [5, 5.41) is 0. The Morgan fingerprint density at radius 2 is 1.57 bits per heavy atom.